The quantitative estimate of drug-likeness (QED) is 0.777. The fourth-order valence-corrected chi connectivity index (χ4v) is 1.73. The number of aromatic nitrogens is 1. The summed E-state index contributed by atoms with van der Waals surface area (Å²) in [5.41, 5.74) is -0.809. The number of pyridine rings is 1. The summed E-state index contributed by atoms with van der Waals surface area (Å²) < 4.78 is 42.3. The second-order valence-corrected chi connectivity index (χ2v) is 4.01. The fourth-order valence-electron chi connectivity index (χ4n) is 1.73. The van der Waals surface area contributed by atoms with E-state index in [2.05, 4.69) is 4.98 Å². The Balaban J connectivity index is 1.97. The zero-order valence-electron chi connectivity index (χ0n) is 9.35. The van der Waals surface area contributed by atoms with Crippen molar-refractivity contribution in [2.75, 3.05) is 13.1 Å². The number of likely N-dealkylation sites (tertiary alicyclic amines) is 1. The standard InChI is InChI=1S/C11H11F3N2O2/c12-11(13,14)8-1-2-10(15-5-8)18-9-3-4-16(6-9)7-17/h1-2,5,7,9H,3-4,6H2/t9-/m0/s1. The number of carbonyl (C=O) groups excluding carboxylic acids is 1. The van der Waals surface area contributed by atoms with Gasteiger partial charge in [-0.05, 0) is 6.07 Å². The molecule has 1 aliphatic rings. The van der Waals surface area contributed by atoms with E-state index in [0.29, 0.717) is 19.5 Å². The zero-order chi connectivity index (χ0) is 13.2. The van der Waals surface area contributed by atoms with E-state index in [1.54, 1.807) is 4.90 Å². The first-order valence-corrected chi connectivity index (χ1v) is 5.38. The summed E-state index contributed by atoms with van der Waals surface area (Å²) in [6, 6.07) is 2.11. The van der Waals surface area contributed by atoms with Gasteiger partial charge in [0.05, 0.1) is 12.1 Å². The molecule has 0 aliphatic carbocycles. The van der Waals surface area contributed by atoms with Gasteiger partial charge in [-0.2, -0.15) is 13.2 Å². The summed E-state index contributed by atoms with van der Waals surface area (Å²) in [6.07, 6.45) is -2.49. The summed E-state index contributed by atoms with van der Waals surface area (Å²) in [5.74, 6) is 0.140. The minimum absolute atomic E-state index is 0.140. The van der Waals surface area contributed by atoms with Gasteiger partial charge in [-0.25, -0.2) is 4.98 Å². The highest BCUT2D eigenvalue weighted by Gasteiger charge is 2.31. The molecule has 0 spiro atoms. The van der Waals surface area contributed by atoms with Gasteiger partial charge >= 0.3 is 6.18 Å². The lowest BCUT2D eigenvalue weighted by molar-refractivity contribution is -0.137. The second kappa shape index (κ2) is 4.83. The number of amides is 1. The van der Waals surface area contributed by atoms with E-state index in [-0.39, 0.29) is 12.0 Å². The third-order valence-corrected chi connectivity index (χ3v) is 2.68. The van der Waals surface area contributed by atoms with E-state index in [9.17, 15) is 18.0 Å². The summed E-state index contributed by atoms with van der Waals surface area (Å²) >= 11 is 0. The molecule has 1 aromatic rings. The van der Waals surface area contributed by atoms with Crippen LogP contribution in [0.15, 0.2) is 18.3 Å². The number of nitrogens with zero attached hydrogens (tertiary/aromatic N) is 2. The van der Waals surface area contributed by atoms with Crippen LogP contribution in [0.3, 0.4) is 0 Å². The molecular formula is C11H11F3N2O2. The average Bonchev–Trinajstić information content (AvgIpc) is 2.76. The van der Waals surface area contributed by atoms with Gasteiger partial charge in [0, 0.05) is 25.2 Å². The molecule has 1 fully saturated rings. The van der Waals surface area contributed by atoms with Crippen LogP contribution in [0.5, 0.6) is 5.88 Å². The van der Waals surface area contributed by atoms with E-state index < -0.39 is 11.7 Å². The van der Waals surface area contributed by atoms with Crippen molar-refractivity contribution in [2.24, 2.45) is 0 Å². The van der Waals surface area contributed by atoms with Crippen molar-refractivity contribution in [3.05, 3.63) is 23.9 Å². The topological polar surface area (TPSA) is 42.4 Å². The first-order chi connectivity index (χ1) is 8.49. The highest BCUT2D eigenvalue weighted by molar-refractivity contribution is 5.47. The lowest BCUT2D eigenvalue weighted by Gasteiger charge is -2.13. The van der Waals surface area contributed by atoms with Crippen LogP contribution < -0.4 is 4.74 Å². The van der Waals surface area contributed by atoms with E-state index in [1.807, 2.05) is 0 Å². The van der Waals surface area contributed by atoms with Crippen LogP contribution >= 0.6 is 0 Å². The average molecular weight is 260 g/mol. The van der Waals surface area contributed by atoms with Crippen molar-refractivity contribution in [1.82, 2.24) is 9.88 Å². The molecule has 2 rings (SSSR count). The molecule has 0 radical (unpaired) electrons. The van der Waals surface area contributed by atoms with Gasteiger partial charge in [0.25, 0.3) is 0 Å². The summed E-state index contributed by atoms with van der Waals surface area (Å²) in [7, 11) is 0. The summed E-state index contributed by atoms with van der Waals surface area (Å²) in [6.45, 7) is 1.03. The first kappa shape index (κ1) is 12.7. The predicted molar refractivity (Wildman–Crippen MR) is 55.9 cm³/mol. The maximum absolute atomic E-state index is 12.3. The molecular weight excluding hydrogens is 249 g/mol. The molecule has 1 amide bonds. The van der Waals surface area contributed by atoms with Crippen LogP contribution in [-0.4, -0.2) is 35.5 Å². The number of rotatable bonds is 3. The summed E-state index contributed by atoms with van der Waals surface area (Å²) in [5, 5.41) is 0. The van der Waals surface area contributed by atoms with Gasteiger partial charge in [0.2, 0.25) is 12.3 Å². The molecule has 1 aliphatic heterocycles. The Hall–Kier alpha value is -1.79. The SMILES string of the molecule is O=CN1CC[C@H](Oc2ccc(C(F)(F)F)cn2)C1. The van der Waals surface area contributed by atoms with Gasteiger partial charge in [-0.15, -0.1) is 0 Å². The Labute approximate surface area is 101 Å². The maximum Gasteiger partial charge on any atom is 0.417 e. The molecule has 0 saturated carbocycles. The van der Waals surface area contributed by atoms with Crippen LogP contribution in [0.4, 0.5) is 13.2 Å². The molecule has 0 aromatic carbocycles. The molecule has 98 valence electrons. The van der Waals surface area contributed by atoms with Gasteiger partial charge in [-0.1, -0.05) is 0 Å². The van der Waals surface area contributed by atoms with Gasteiger partial charge < -0.3 is 9.64 Å². The Kier molecular flexibility index (Phi) is 3.40. The molecule has 1 saturated heterocycles. The molecule has 0 bridgehead atoms. The summed E-state index contributed by atoms with van der Waals surface area (Å²) in [4.78, 5) is 15.7. The third-order valence-electron chi connectivity index (χ3n) is 2.68. The monoisotopic (exact) mass is 260 g/mol. The minimum atomic E-state index is -4.40. The van der Waals surface area contributed by atoms with E-state index >= 15 is 0 Å². The Morgan fingerprint density at radius 2 is 2.22 bits per heavy atom. The molecule has 2 heterocycles. The molecule has 1 aromatic heterocycles. The van der Waals surface area contributed by atoms with E-state index in [1.165, 1.54) is 6.07 Å². The number of halogens is 3. The molecule has 0 unspecified atom stereocenters. The smallest absolute Gasteiger partial charge is 0.417 e. The predicted octanol–water partition coefficient (Wildman–Crippen LogP) is 1.71. The Morgan fingerprint density at radius 1 is 1.44 bits per heavy atom. The van der Waals surface area contributed by atoms with E-state index in [0.717, 1.165) is 18.7 Å². The van der Waals surface area contributed by atoms with Crippen LogP contribution in [-0.2, 0) is 11.0 Å². The van der Waals surface area contributed by atoms with Crippen molar-refractivity contribution in [3.63, 3.8) is 0 Å². The first-order valence-electron chi connectivity index (χ1n) is 5.38. The largest absolute Gasteiger partial charge is 0.472 e. The van der Waals surface area contributed by atoms with Crippen molar-refractivity contribution in [1.29, 1.82) is 0 Å². The zero-order valence-corrected chi connectivity index (χ0v) is 9.35. The molecule has 0 N–H and O–H groups in total. The number of hydrogen-bond donors (Lipinski definition) is 0. The van der Waals surface area contributed by atoms with Crippen molar-refractivity contribution in [3.8, 4) is 5.88 Å². The van der Waals surface area contributed by atoms with Crippen LogP contribution in [0.2, 0.25) is 0 Å². The maximum atomic E-state index is 12.3. The molecule has 18 heavy (non-hydrogen) atoms. The highest BCUT2D eigenvalue weighted by Crippen LogP contribution is 2.29. The van der Waals surface area contributed by atoms with Crippen LogP contribution in [0, 0.1) is 0 Å². The molecule has 7 heteroatoms. The Morgan fingerprint density at radius 3 is 2.72 bits per heavy atom. The number of hydrogen-bond acceptors (Lipinski definition) is 3. The lowest BCUT2D eigenvalue weighted by atomic mass is 10.3. The minimum Gasteiger partial charge on any atom is -0.472 e. The van der Waals surface area contributed by atoms with Gasteiger partial charge in [0.15, 0.2) is 0 Å². The molecule has 1 atom stereocenters. The lowest BCUT2D eigenvalue weighted by Crippen LogP contribution is -2.23. The second-order valence-electron chi connectivity index (χ2n) is 4.01. The third kappa shape index (κ3) is 2.91. The van der Waals surface area contributed by atoms with Crippen molar-refractivity contribution < 1.29 is 22.7 Å². The van der Waals surface area contributed by atoms with Gasteiger partial charge in [-0.3, -0.25) is 4.79 Å². The molecule has 4 nitrogen and oxygen atoms in total. The number of alkyl halides is 3. The number of ether oxygens (including phenoxy) is 1. The van der Waals surface area contributed by atoms with E-state index in [4.69, 9.17) is 4.74 Å². The highest BCUT2D eigenvalue weighted by atomic mass is 19.4. The van der Waals surface area contributed by atoms with Crippen LogP contribution in [0.25, 0.3) is 0 Å². The van der Waals surface area contributed by atoms with Gasteiger partial charge in [0.1, 0.15) is 6.10 Å². The number of carbonyl (C=O) groups is 1. The Bertz CT molecular complexity index is 419. The normalized spacial score (nSPS) is 19.9. The van der Waals surface area contributed by atoms with Crippen molar-refractivity contribution in [2.45, 2.75) is 18.7 Å². The van der Waals surface area contributed by atoms with Crippen molar-refractivity contribution >= 4 is 6.41 Å². The van der Waals surface area contributed by atoms with Crippen LogP contribution in [0.1, 0.15) is 12.0 Å². The fraction of sp³-hybridized carbons (Fsp3) is 0.455.